The van der Waals surface area contributed by atoms with Gasteiger partial charge in [-0.05, 0) is 32.0 Å². The van der Waals surface area contributed by atoms with E-state index in [-0.39, 0.29) is 0 Å². The molecule has 0 saturated heterocycles. The lowest BCUT2D eigenvalue weighted by atomic mass is 10.1. The molecule has 0 atom stereocenters. The van der Waals surface area contributed by atoms with Crippen LogP contribution in [0.1, 0.15) is 11.4 Å². The van der Waals surface area contributed by atoms with Gasteiger partial charge in [-0.15, -0.1) is 0 Å². The second-order valence-corrected chi connectivity index (χ2v) is 4.41. The third-order valence-electron chi connectivity index (χ3n) is 3.16. The van der Waals surface area contributed by atoms with E-state index in [0.29, 0.717) is 5.82 Å². The lowest BCUT2D eigenvalue weighted by Gasteiger charge is -2.14. The summed E-state index contributed by atoms with van der Waals surface area (Å²) in [6.07, 6.45) is 0. The highest BCUT2D eigenvalue weighted by molar-refractivity contribution is 5.74. The second-order valence-electron chi connectivity index (χ2n) is 4.41. The normalized spacial score (nSPS) is 10.2. The van der Waals surface area contributed by atoms with Crippen LogP contribution in [0.2, 0.25) is 0 Å². The van der Waals surface area contributed by atoms with Gasteiger partial charge in [0, 0.05) is 18.2 Å². The number of methoxy groups -OCH3 is 2. The molecule has 5 heteroatoms. The highest BCUT2D eigenvalue weighted by Crippen LogP contribution is 2.35. The number of aryl methyl sites for hydroxylation is 1. The summed E-state index contributed by atoms with van der Waals surface area (Å²) in [6.45, 7) is 3.86. The molecular formula is C15H19N3O2. The summed E-state index contributed by atoms with van der Waals surface area (Å²) in [5.41, 5.74) is 2.72. The van der Waals surface area contributed by atoms with Gasteiger partial charge in [0.2, 0.25) is 0 Å². The Balaban J connectivity index is 2.69. The van der Waals surface area contributed by atoms with Crippen molar-refractivity contribution in [2.45, 2.75) is 13.8 Å². The summed E-state index contributed by atoms with van der Waals surface area (Å²) in [6, 6.07) is 5.67. The summed E-state index contributed by atoms with van der Waals surface area (Å²) >= 11 is 0. The van der Waals surface area contributed by atoms with Crippen LogP contribution < -0.4 is 14.8 Å². The molecule has 106 valence electrons. The third-order valence-corrected chi connectivity index (χ3v) is 3.16. The van der Waals surface area contributed by atoms with Crippen LogP contribution in [0.15, 0.2) is 18.2 Å². The number of anilines is 1. The molecule has 0 amide bonds. The summed E-state index contributed by atoms with van der Waals surface area (Å²) in [4.78, 5) is 8.93. The molecule has 20 heavy (non-hydrogen) atoms. The predicted octanol–water partition coefficient (Wildman–Crippen LogP) is 2.82. The van der Waals surface area contributed by atoms with Crippen LogP contribution in [0.3, 0.4) is 0 Å². The molecule has 0 aliphatic carbocycles. The maximum Gasteiger partial charge on any atom is 0.132 e. The van der Waals surface area contributed by atoms with Gasteiger partial charge in [-0.1, -0.05) is 0 Å². The molecule has 5 nitrogen and oxygen atoms in total. The minimum Gasteiger partial charge on any atom is -0.497 e. The van der Waals surface area contributed by atoms with Crippen molar-refractivity contribution in [3.63, 3.8) is 0 Å². The van der Waals surface area contributed by atoms with Crippen LogP contribution in [-0.4, -0.2) is 31.2 Å². The van der Waals surface area contributed by atoms with Crippen molar-refractivity contribution >= 4 is 5.82 Å². The Labute approximate surface area is 119 Å². The summed E-state index contributed by atoms with van der Waals surface area (Å²) in [7, 11) is 5.14. The Hall–Kier alpha value is -2.30. The molecule has 0 spiro atoms. The van der Waals surface area contributed by atoms with Crippen LogP contribution in [0, 0.1) is 13.8 Å². The van der Waals surface area contributed by atoms with Crippen LogP contribution in [0.4, 0.5) is 5.82 Å². The van der Waals surface area contributed by atoms with Crippen molar-refractivity contribution in [1.29, 1.82) is 0 Å². The van der Waals surface area contributed by atoms with Crippen molar-refractivity contribution in [3.05, 3.63) is 29.6 Å². The number of hydrogen-bond acceptors (Lipinski definition) is 5. The van der Waals surface area contributed by atoms with E-state index >= 15 is 0 Å². The first kappa shape index (κ1) is 14.1. The van der Waals surface area contributed by atoms with Crippen molar-refractivity contribution in [2.75, 3.05) is 26.6 Å². The van der Waals surface area contributed by atoms with Gasteiger partial charge in [-0.3, -0.25) is 0 Å². The minimum absolute atomic E-state index is 0.708. The van der Waals surface area contributed by atoms with E-state index in [1.165, 1.54) is 0 Å². The van der Waals surface area contributed by atoms with Gasteiger partial charge >= 0.3 is 0 Å². The highest BCUT2D eigenvalue weighted by atomic mass is 16.5. The number of ether oxygens (including phenoxy) is 2. The quantitative estimate of drug-likeness (QED) is 0.928. The van der Waals surface area contributed by atoms with Gasteiger partial charge in [0.15, 0.2) is 0 Å². The maximum absolute atomic E-state index is 5.43. The van der Waals surface area contributed by atoms with E-state index in [4.69, 9.17) is 9.47 Å². The lowest BCUT2D eigenvalue weighted by Crippen LogP contribution is -2.03. The Morgan fingerprint density at radius 3 is 2.40 bits per heavy atom. The highest BCUT2D eigenvalue weighted by Gasteiger charge is 2.15. The predicted molar refractivity (Wildman–Crippen MR) is 79.6 cm³/mol. The lowest BCUT2D eigenvalue weighted by molar-refractivity contribution is 0.404. The fraction of sp³-hybridized carbons (Fsp3) is 0.333. The zero-order valence-corrected chi connectivity index (χ0v) is 12.4. The number of hydrogen-bond donors (Lipinski definition) is 1. The summed E-state index contributed by atoms with van der Waals surface area (Å²) in [5.74, 6) is 3.05. The Morgan fingerprint density at radius 2 is 1.80 bits per heavy atom. The number of nitrogens with zero attached hydrogens (tertiary/aromatic N) is 2. The van der Waals surface area contributed by atoms with E-state index in [9.17, 15) is 0 Å². The number of aromatic nitrogens is 2. The molecule has 2 rings (SSSR count). The average molecular weight is 273 g/mol. The molecule has 0 fully saturated rings. The van der Waals surface area contributed by atoms with Gasteiger partial charge in [-0.2, -0.15) is 0 Å². The molecule has 1 N–H and O–H groups in total. The van der Waals surface area contributed by atoms with E-state index in [0.717, 1.165) is 34.1 Å². The van der Waals surface area contributed by atoms with Crippen LogP contribution in [-0.2, 0) is 0 Å². The molecular weight excluding hydrogens is 254 g/mol. The van der Waals surface area contributed by atoms with Crippen molar-refractivity contribution in [2.24, 2.45) is 0 Å². The zero-order valence-electron chi connectivity index (χ0n) is 12.4. The topological polar surface area (TPSA) is 56.3 Å². The molecule has 1 aromatic heterocycles. The van der Waals surface area contributed by atoms with Gasteiger partial charge in [-0.25, -0.2) is 9.97 Å². The first-order chi connectivity index (χ1) is 9.60. The fourth-order valence-electron chi connectivity index (χ4n) is 2.13. The summed E-state index contributed by atoms with van der Waals surface area (Å²) < 4.78 is 10.7. The monoisotopic (exact) mass is 273 g/mol. The number of rotatable bonds is 4. The Kier molecular flexibility index (Phi) is 4.08. The molecule has 0 aliphatic heterocycles. The second kappa shape index (κ2) is 5.77. The van der Waals surface area contributed by atoms with Crippen LogP contribution >= 0.6 is 0 Å². The van der Waals surface area contributed by atoms with Gasteiger partial charge in [0.05, 0.1) is 19.9 Å². The SMILES string of the molecule is CNc1nc(C)nc(-c2cc(OC)ccc2OC)c1C. The van der Waals surface area contributed by atoms with Crippen LogP contribution in [0.5, 0.6) is 11.5 Å². The summed E-state index contributed by atoms with van der Waals surface area (Å²) in [5, 5.41) is 3.09. The maximum atomic E-state index is 5.43. The molecule has 0 bridgehead atoms. The number of nitrogens with one attached hydrogen (secondary N) is 1. The van der Waals surface area contributed by atoms with E-state index < -0.39 is 0 Å². The Morgan fingerprint density at radius 1 is 1.05 bits per heavy atom. The number of benzene rings is 1. The molecule has 1 aromatic carbocycles. The van der Waals surface area contributed by atoms with Crippen molar-refractivity contribution < 1.29 is 9.47 Å². The molecule has 2 aromatic rings. The van der Waals surface area contributed by atoms with E-state index in [1.54, 1.807) is 14.2 Å². The molecule has 0 saturated carbocycles. The fourth-order valence-corrected chi connectivity index (χ4v) is 2.13. The minimum atomic E-state index is 0.708. The largest absolute Gasteiger partial charge is 0.497 e. The average Bonchev–Trinajstić information content (AvgIpc) is 2.48. The zero-order chi connectivity index (χ0) is 14.7. The Bertz CT molecular complexity index is 627. The van der Waals surface area contributed by atoms with Crippen molar-refractivity contribution in [1.82, 2.24) is 9.97 Å². The molecule has 0 radical (unpaired) electrons. The van der Waals surface area contributed by atoms with Gasteiger partial charge < -0.3 is 14.8 Å². The third kappa shape index (κ3) is 2.52. The molecule has 0 unspecified atom stereocenters. The van der Waals surface area contributed by atoms with Gasteiger partial charge in [0.25, 0.3) is 0 Å². The van der Waals surface area contributed by atoms with Crippen LogP contribution in [0.25, 0.3) is 11.3 Å². The first-order valence-corrected chi connectivity index (χ1v) is 6.36. The smallest absolute Gasteiger partial charge is 0.132 e. The molecule has 1 heterocycles. The molecule has 0 aliphatic rings. The first-order valence-electron chi connectivity index (χ1n) is 6.36. The van der Waals surface area contributed by atoms with Gasteiger partial charge in [0.1, 0.15) is 23.1 Å². The van der Waals surface area contributed by atoms with E-state index in [2.05, 4.69) is 15.3 Å². The standard InChI is InChI=1S/C15H19N3O2/c1-9-14(17-10(2)18-15(9)16-3)12-8-11(19-4)6-7-13(12)20-5/h6-8H,1-5H3,(H,16,17,18). The van der Waals surface area contributed by atoms with Crippen molar-refractivity contribution in [3.8, 4) is 22.8 Å². The van der Waals surface area contributed by atoms with E-state index in [1.807, 2.05) is 39.1 Å².